The Hall–Kier alpha value is -4.76. The lowest BCUT2D eigenvalue weighted by Crippen LogP contribution is -2.25. The smallest absolute Gasteiger partial charge is 0.284 e. The zero-order valence-corrected chi connectivity index (χ0v) is 19.1. The van der Waals surface area contributed by atoms with Crippen molar-refractivity contribution in [2.45, 2.75) is 13.5 Å². The Labute approximate surface area is 199 Å². The summed E-state index contributed by atoms with van der Waals surface area (Å²) in [4.78, 5) is 27.1. The van der Waals surface area contributed by atoms with Gasteiger partial charge >= 0.3 is 0 Å². The van der Waals surface area contributed by atoms with Crippen LogP contribution in [0.5, 0.6) is 11.6 Å². The summed E-state index contributed by atoms with van der Waals surface area (Å²) in [5.74, 6) is 0.269. The van der Waals surface area contributed by atoms with Crippen LogP contribution in [0.3, 0.4) is 0 Å². The maximum absolute atomic E-state index is 12.1. The van der Waals surface area contributed by atoms with Crippen LogP contribution in [0.4, 0.5) is 5.69 Å². The lowest BCUT2D eigenvalue weighted by atomic mass is 10.1. The molecule has 0 saturated carbocycles. The van der Waals surface area contributed by atoms with Crippen LogP contribution in [0, 0.1) is 28.4 Å². The minimum Gasteiger partial charge on any atom is -0.497 e. The van der Waals surface area contributed by atoms with Gasteiger partial charge in [0.25, 0.3) is 11.6 Å². The van der Waals surface area contributed by atoms with Crippen molar-refractivity contribution in [2.75, 3.05) is 20.8 Å². The highest BCUT2D eigenvalue weighted by Crippen LogP contribution is 2.33. The highest BCUT2D eigenvalue weighted by molar-refractivity contribution is 5.82. The number of benzene rings is 1. The summed E-state index contributed by atoms with van der Waals surface area (Å²) >= 11 is 0. The minimum atomic E-state index is -0.598. The Morgan fingerprint density at radius 1 is 1.31 bits per heavy atom. The highest BCUT2D eigenvalue weighted by Gasteiger charge is 2.19. The Morgan fingerprint density at radius 3 is 2.80 bits per heavy atom. The number of hydrazone groups is 1. The molecule has 1 N–H and O–H groups in total. The monoisotopic (exact) mass is 479 g/mol. The number of carbonyl (C=O) groups is 1. The second kappa shape index (κ2) is 11.4. The molecule has 0 aliphatic heterocycles. The molecule has 12 nitrogen and oxygen atoms in total. The normalized spacial score (nSPS) is 10.7. The van der Waals surface area contributed by atoms with Gasteiger partial charge in [-0.05, 0) is 37.3 Å². The third kappa shape index (κ3) is 6.18. The molecule has 3 rings (SSSR count). The molecule has 0 bridgehead atoms. The fourth-order valence-corrected chi connectivity index (χ4v) is 3.10. The fraction of sp³-hybridized carbons (Fsp3) is 0.217. The Kier molecular flexibility index (Phi) is 8.10. The van der Waals surface area contributed by atoms with Gasteiger partial charge in [-0.25, -0.2) is 10.4 Å². The largest absolute Gasteiger partial charge is 0.497 e. The van der Waals surface area contributed by atoms with Gasteiger partial charge < -0.3 is 18.6 Å². The molecule has 35 heavy (non-hydrogen) atoms. The van der Waals surface area contributed by atoms with E-state index in [1.165, 1.54) is 32.6 Å². The molecule has 2 aromatic heterocycles. The Bertz CT molecular complexity index is 1310. The predicted octanol–water partition coefficient (Wildman–Crippen LogP) is 3.11. The van der Waals surface area contributed by atoms with E-state index in [-0.39, 0.29) is 40.8 Å². The van der Waals surface area contributed by atoms with Crippen LogP contribution in [0.2, 0.25) is 0 Å². The van der Waals surface area contributed by atoms with Crippen molar-refractivity contribution in [2.24, 2.45) is 5.10 Å². The van der Waals surface area contributed by atoms with Gasteiger partial charge in [0.2, 0.25) is 5.88 Å². The molecule has 0 aliphatic rings. The maximum atomic E-state index is 12.1. The van der Waals surface area contributed by atoms with Gasteiger partial charge in [-0.1, -0.05) is 0 Å². The number of nitriles is 1. The Morgan fingerprint density at radius 2 is 2.11 bits per heavy atom. The van der Waals surface area contributed by atoms with Gasteiger partial charge in [0, 0.05) is 18.4 Å². The molecule has 0 radical (unpaired) electrons. The van der Waals surface area contributed by atoms with E-state index in [1.54, 1.807) is 31.2 Å². The second-order valence-corrected chi connectivity index (χ2v) is 7.07. The van der Waals surface area contributed by atoms with Gasteiger partial charge in [-0.2, -0.15) is 10.4 Å². The molecule has 0 spiro atoms. The van der Waals surface area contributed by atoms with E-state index in [4.69, 9.17) is 18.6 Å². The van der Waals surface area contributed by atoms with E-state index >= 15 is 0 Å². The first-order chi connectivity index (χ1) is 16.9. The van der Waals surface area contributed by atoms with Gasteiger partial charge in [0.05, 0.1) is 36.5 Å². The number of methoxy groups -OCH3 is 2. The van der Waals surface area contributed by atoms with Crippen LogP contribution >= 0.6 is 0 Å². The fourth-order valence-electron chi connectivity index (χ4n) is 3.10. The number of aromatic nitrogens is 1. The van der Waals surface area contributed by atoms with Crippen LogP contribution in [0.15, 0.2) is 45.9 Å². The molecule has 1 amide bonds. The molecule has 12 heteroatoms. The number of ether oxygens (including phenoxy) is 3. The third-order valence-corrected chi connectivity index (χ3v) is 4.62. The summed E-state index contributed by atoms with van der Waals surface area (Å²) in [6.07, 6.45) is 1.24. The molecule has 1 aromatic carbocycles. The zero-order valence-electron chi connectivity index (χ0n) is 19.1. The Balaban J connectivity index is 1.64. The van der Waals surface area contributed by atoms with Crippen LogP contribution in [0.1, 0.15) is 22.6 Å². The standard InChI is InChI=1S/C23H21N5O7/c1-14-8-15(12-32-2)19(10-24)23(26-14)34-13-22(29)27-25-11-17-5-7-21(35-17)18-6-4-16(33-3)9-20(18)28(30)31/h4-9,11H,12-13H2,1-3H3,(H,27,29). The van der Waals surface area contributed by atoms with Crippen molar-refractivity contribution in [1.82, 2.24) is 10.4 Å². The van der Waals surface area contributed by atoms with Crippen molar-refractivity contribution in [3.63, 3.8) is 0 Å². The lowest BCUT2D eigenvalue weighted by Gasteiger charge is -2.10. The number of hydrogen-bond donors (Lipinski definition) is 1. The van der Waals surface area contributed by atoms with Crippen molar-refractivity contribution in [3.8, 4) is 29.0 Å². The molecular weight excluding hydrogens is 458 g/mol. The molecular formula is C23H21N5O7. The summed E-state index contributed by atoms with van der Waals surface area (Å²) < 4.78 is 21.1. The predicted molar refractivity (Wildman–Crippen MR) is 123 cm³/mol. The molecule has 0 fully saturated rings. The van der Waals surface area contributed by atoms with Crippen LogP contribution in [0.25, 0.3) is 11.3 Å². The van der Waals surface area contributed by atoms with E-state index in [9.17, 15) is 20.2 Å². The number of amides is 1. The number of carbonyl (C=O) groups excluding carboxylic acids is 1. The summed E-state index contributed by atoms with van der Waals surface area (Å²) in [7, 11) is 2.92. The van der Waals surface area contributed by atoms with Gasteiger partial charge in [-0.15, -0.1) is 0 Å². The average molecular weight is 479 g/mol. The van der Waals surface area contributed by atoms with Crippen molar-refractivity contribution < 1.29 is 28.3 Å². The van der Waals surface area contributed by atoms with Crippen LogP contribution in [-0.2, 0) is 16.1 Å². The van der Waals surface area contributed by atoms with Gasteiger partial charge in [-0.3, -0.25) is 14.9 Å². The lowest BCUT2D eigenvalue weighted by molar-refractivity contribution is -0.384. The first-order valence-electron chi connectivity index (χ1n) is 10.1. The first-order valence-corrected chi connectivity index (χ1v) is 10.1. The number of nitro benzene ring substituents is 1. The second-order valence-electron chi connectivity index (χ2n) is 7.07. The summed E-state index contributed by atoms with van der Waals surface area (Å²) in [6, 6.07) is 11.2. The highest BCUT2D eigenvalue weighted by atomic mass is 16.6. The molecule has 0 unspecified atom stereocenters. The van der Waals surface area contributed by atoms with E-state index in [0.29, 0.717) is 17.0 Å². The average Bonchev–Trinajstić information content (AvgIpc) is 3.31. The molecule has 0 saturated heterocycles. The van der Waals surface area contributed by atoms with Gasteiger partial charge in [0.1, 0.15) is 28.9 Å². The van der Waals surface area contributed by atoms with Crippen molar-refractivity contribution >= 4 is 17.8 Å². The van der Waals surface area contributed by atoms with Crippen molar-refractivity contribution in [1.29, 1.82) is 5.26 Å². The molecule has 0 aliphatic carbocycles. The summed E-state index contributed by atoms with van der Waals surface area (Å²) in [5, 5.41) is 24.6. The molecule has 180 valence electrons. The van der Waals surface area contributed by atoms with Crippen molar-refractivity contribution in [3.05, 3.63) is 69.1 Å². The molecule has 3 aromatic rings. The van der Waals surface area contributed by atoms with E-state index < -0.39 is 17.4 Å². The number of nitro groups is 1. The van der Waals surface area contributed by atoms with E-state index in [2.05, 4.69) is 15.5 Å². The summed E-state index contributed by atoms with van der Waals surface area (Å²) in [6.45, 7) is 1.50. The maximum Gasteiger partial charge on any atom is 0.284 e. The number of aryl methyl sites for hydroxylation is 1. The SMILES string of the molecule is COCc1cc(C)nc(OCC(=O)NN=Cc2ccc(-c3ccc(OC)cc3[N+](=O)[O-])o2)c1C#N. The number of nitrogens with one attached hydrogen (secondary N) is 1. The van der Waals surface area contributed by atoms with E-state index in [1.807, 2.05) is 6.07 Å². The zero-order chi connectivity index (χ0) is 25.4. The topological polar surface area (TPSA) is 162 Å². The van der Waals surface area contributed by atoms with Crippen LogP contribution in [-0.4, -0.2) is 42.9 Å². The number of pyridine rings is 1. The quantitative estimate of drug-likeness (QED) is 0.261. The summed E-state index contributed by atoms with van der Waals surface area (Å²) in [5.41, 5.74) is 3.75. The number of hydrogen-bond acceptors (Lipinski definition) is 10. The molecule has 2 heterocycles. The van der Waals surface area contributed by atoms with Gasteiger partial charge in [0.15, 0.2) is 6.61 Å². The van der Waals surface area contributed by atoms with E-state index in [0.717, 1.165) is 0 Å². The number of furan rings is 1. The number of rotatable bonds is 10. The van der Waals surface area contributed by atoms with Crippen LogP contribution < -0.4 is 14.9 Å². The number of nitrogens with zero attached hydrogens (tertiary/aromatic N) is 4. The molecule has 0 atom stereocenters. The first kappa shape index (κ1) is 24.9. The third-order valence-electron chi connectivity index (χ3n) is 4.62. The minimum absolute atomic E-state index is 0.0236.